The Bertz CT molecular complexity index is 815. The molecule has 3 aromatic heterocycles. The maximum atomic E-state index is 6.00. The van der Waals surface area contributed by atoms with Crippen molar-refractivity contribution in [3.8, 4) is 11.6 Å². The van der Waals surface area contributed by atoms with E-state index in [-0.39, 0.29) is 5.15 Å². The van der Waals surface area contributed by atoms with Gasteiger partial charge in [-0.15, -0.1) is 0 Å². The molecule has 20 heavy (non-hydrogen) atoms. The second-order valence-corrected chi connectivity index (χ2v) is 5.23. The summed E-state index contributed by atoms with van der Waals surface area (Å²) < 4.78 is 9.69. The molecule has 9 heteroatoms. The van der Waals surface area contributed by atoms with Crippen LogP contribution in [-0.2, 0) is 13.6 Å². The Labute approximate surface area is 129 Å². The van der Waals surface area contributed by atoms with Crippen LogP contribution >= 0.6 is 35.4 Å². The number of aromatic nitrogens is 5. The highest BCUT2D eigenvalue weighted by Crippen LogP contribution is 2.23. The third-order valence-electron chi connectivity index (χ3n) is 2.82. The molecule has 0 atom stereocenters. The summed E-state index contributed by atoms with van der Waals surface area (Å²) in [6, 6.07) is 3.67. The lowest BCUT2D eigenvalue weighted by Gasteiger charge is -2.00. The van der Waals surface area contributed by atoms with Crippen LogP contribution in [-0.4, -0.2) is 24.3 Å². The van der Waals surface area contributed by atoms with Crippen LogP contribution < -0.4 is 0 Å². The highest BCUT2D eigenvalue weighted by atomic mass is 35.5. The lowest BCUT2D eigenvalue weighted by molar-refractivity contribution is 0.500. The molecule has 0 saturated heterocycles. The quantitative estimate of drug-likeness (QED) is 0.749. The summed E-state index contributed by atoms with van der Waals surface area (Å²) in [7, 11) is 1.82. The molecule has 0 aliphatic rings. The molecular formula is C11H9Cl2N5OS. The van der Waals surface area contributed by atoms with E-state index in [9.17, 15) is 0 Å². The van der Waals surface area contributed by atoms with Gasteiger partial charge in [0, 0.05) is 7.05 Å². The van der Waals surface area contributed by atoms with Crippen LogP contribution in [0, 0.1) is 4.77 Å². The van der Waals surface area contributed by atoms with Gasteiger partial charge in [0.2, 0.25) is 0 Å². The Morgan fingerprint density at radius 2 is 2.20 bits per heavy atom. The van der Waals surface area contributed by atoms with Gasteiger partial charge in [-0.1, -0.05) is 23.2 Å². The van der Waals surface area contributed by atoms with Crippen molar-refractivity contribution in [1.82, 2.24) is 24.3 Å². The molecule has 6 nitrogen and oxygen atoms in total. The van der Waals surface area contributed by atoms with Crippen LogP contribution in [0.2, 0.25) is 10.3 Å². The maximum absolute atomic E-state index is 6.00. The fourth-order valence-corrected chi connectivity index (χ4v) is 2.21. The van der Waals surface area contributed by atoms with Gasteiger partial charge >= 0.3 is 0 Å². The van der Waals surface area contributed by atoms with Crippen molar-refractivity contribution in [1.29, 1.82) is 0 Å². The van der Waals surface area contributed by atoms with E-state index in [1.165, 1.54) is 0 Å². The zero-order chi connectivity index (χ0) is 14.3. The molecule has 0 fully saturated rings. The Hall–Kier alpha value is -1.57. The molecule has 0 aliphatic heterocycles. The maximum Gasteiger partial charge on any atom is 0.198 e. The number of hydrogen-bond donors (Lipinski definition) is 1. The first-order valence-electron chi connectivity index (χ1n) is 5.63. The second-order valence-electron chi connectivity index (χ2n) is 4.13. The Balaban J connectivity index is 1.89. The molecule has 3 rings (SSSR count). The number of imidazole rings is 1. The summed E-state index contributed by atoms with van der Waals surface area (Å²) >= 11 is 16.9. The molecule has 0 spiro atoms. The van der Waals surface area contributed by atoms with Gasteiger partial charge in [0.1, 0.15) is 10.9 Å². The Kier molecular flexibility index (Phi) is 3.41. The van der Waals surface area contributed by atoms with E-state index in [2.05, 4.69) is 15.2 Å². The van der Waals surface area contributed by atoms with Crippen molar-refractivity contribution in [3.63, 3.8) is 0 Å². The fraction of sp³-hybridized carbons (Fsp3) is 0.182. The van der Waals surface area contributed by atoms with Gasteiger partial charge in [0.15, 0.2) is 21.5 Å². The molecule has 3 heterocycles. The van der Waals surface area contributed by atoms with Crippen molar-refractivity contribution >= 4 is 35.4 Å². The van der Waals surface area contributed by atoms with Crippen molar-refractivity contribution in [2.75, 3.05) is 0 Å². The normalized spacial score (nSPS) is 11.2. The first kappa shape index (κ1) is 13.4. The standard InChI is InChI=1S/C11H9Cl2N5OS/c1-17-10(15-16-11(17)20)7-3-2-6(19-7)4-18-5-14-8(12)9(18)13/h2-3,5H,4H2,1H3,(H,16,20). The van der Waals surface area contributed by atoms with Gasteiger partial charge in [-0.3, -0.25) is 5.10 Å². The lowest BCUT2D eigenvalue weighted by Crippen LogP contribution is -1.96. The number of nitrogens with zero attached hydrogens (tertiary/aromatic N) is 4. The molecule has 0 amide bonds. The monoisotopic (exact) mass is 329 g/mol. The van der Waals surface area contributed by atoms with Gasteiger partial charge in [0.05, 0.1) is 12.9 Å². The molecule has 1 N–H and O–H groups in total. The summed E-state index contributed by atoms with van der Waals surface area (Å²) in [4.78, 5) is 3.91. The second kappa shape index (κ2) is 5.08. The van der Waals surface area contributed by atoms with Crippen molar-refractivity contribution < 1.29 is 4.42 Å². The number of hydrogen-bond acceptors (Lipinski definition) is 4. The minimum atomic E-state index is 0.271. The summed E-state index contributed by atoms with van der Waals surface area (Å²) in [5.41, 5.74) is 0. The minimum absolute atomic E-state index is 0.271. The Morgan fingerprint density at radius 3 is 2.80 bits per heavy atom. The summed E-state index contributed by atoms with van der Waals surface area (Å²) in [5.74, 6) is 1.97. The minimum Gasteiger partial charge on any atom is -0.456 e. The van der Waals surface area contributed by atoms with Crippen LogP contribution in [0.15, 0.2) is 22.9 Å². The van der Waals surface area contributed by atoms with E-state index in [1.54, 1.807) is 15.5 Å². The number of nitrogens with one attached hydrogen (secondary N) is 1. The third kappa shape index (κ3) is 2.28. The smallest absolute Gasteiger partial charge is 0.198 e. The number of halogens is 2. The fourth-order valence-electron chi connectivity index (χ4n) is 1.77. The molecule has 0 aliphatic carbocycles. The molecule has 0 saturated carbocycles. The van der Waals surface area contributed by atoms with Crippen LogP contribution in [0.25, 0.3) is 11.6 Å². The third-order valence-corrected chi connectivity index (χ3v) is 3.96. The van der Waals surface area contributed by atoms with Gasteiger partial charge in [-0.2, -0.15) is 5.10 Å². The van der Waals surface area contributed by atoms with E-state index < -0.39 is 0 Å². The largest absolute Gasteiger partial charge is 0.456 e. The number of rotatable bonds is 3. The molecule has 3 aromatic rings. The summed E-state index contributed by atoms with van der Waals surface area (Å²) in [6.45, 7) is 0.438. The molecule has 0 bridgehead atoms. The van der Waals surface area contributed by atoms with Crippen LogP contribution in [0.1, 0.15) is 5.76 Å². The van der Waals surface area contributed by atoms with Crippen LogP contribution in [0.4, 0.5) is 0 Å². The Morgan fingerprint density at radius 1 is 1.40 bits per heavy atom. The lowest BCUT2D eigenvalue weighted by atomic mass is 10.4. The van der Waals surface area contributed by atoms with E-state index in [0.29, 0.717) is 33.8 Å². The topological polar surface area (TPSA) is 64.6 Å². The molecular weight excluding hydrogens is 321 g/mol. The zero-order valence-corrected chi connectivity index (χ0v) is 12.6. The van der Waals surface area contributed by atoms with Gasteiger partial charge in [-0.05, 0) is 24.4 Å². The first-order chi connectivity index (χ1) is 9.56. The average molecular weight is 330 g/mol. The van der Waals surface area contributed by atoms with E-state index >= 15 is 0 Å². The predicted octanol–water partition coefficient (Wildman–Crippen LogP) is 3.29. The van der Waals surface area contributed by atoms with E-state index in [4.69, 9.17) is 39.8 Å². The summed E-state index contributed by atoms with van der Waals surface area (Å²) in [5, 5.41) is 7.47. The van der Waals surface area contributed by atoms with Gasteiger partial charge < -0.3 is 13.6 Å². The summed E-state index contributed by atoms with van der Waals surface area (Å²) in [6.07, 6.45) is 1.56. The predicted molar refractivity (Wildman–Crippen MR) is 77.4 cm³/mol. The highest BCUT2D eigenvalue weighted by Gasteiger charge is 2.12. The SMILES string of the molecule is Cn1c(-c2ccc(Cn3cnc(Cl)c3Cl)o2)n[nH]c1=S. The van der Waals surface area contributed by atoms with Gasteiger partial charge in [0.25, 0.3) is 0 Å². The van der Waals surface area contributed by atoms with Gasteiger partial charge in [-0.25, -0.2) is 4.98 Å². The average Bonchev–Trinajstić information content (AvgIpc) is 3.09. The molecule has 0 radical (unpaired) electrons. The molecule has 0 aromatic carbocycles. The van der Waals surface area contributed by atoms with Crippen molar-refractivity contribution in [2.24, 2.45) is 7.05 Å². The number of H-pyrrole nitrogens is 1. The first-order valence-corrected chi connectivity index (χ1v) is 6.79. The van der Waals surface area contributed by atoms with Crippen LogP contribution in [0.5, 0.6) is 0 Å². The van der Waals surface area contributed by atoms with E-state index in [1.807, 2.05) is 19.2 Å². The number of aromatic amines is 1. The molecule has 104 valence electrons. The van der Waals surface area contributed by atoms with Crippen molar-refractivity contribution in [3.05, 3.63) is 39.3 Å². The molecule has 0 unspecified atom stereocenters. The van der Waals surface area contributed by atoms with Crippen LogP contribution in [0.3, 0.4) is 0 Å². The zero-order valence-electron chi connectivity index (χ0n) is 10.3. The van der Waals surface area contributed by atoms with Crippen molar-refractivity contribution in [2.45, 2.75) is 6.54 Å². The van der Waals surface area contributed by atoms with E-state index in [0.717, 1.165) is 0 Å². The number of furan rings is 1. The highest BCUT2D eigenvalue weighted by molar-refractivity contribution is 7.71.